The second-order valence-corrected chi connectivity index (χ2v) is 4.62. The second-order valence-electron chi connectivity index (χ2n) is 4.62. The molecule has 0 spiro atoms. The average Bonchev–Trinajstić information content (AvgIpc) is 3.10. The molecule has 1 N–H and O–H groups in total. The lowest BCUT2D eigenvalue weighted by atomic mass is 10.0. The van der Waals surface area contributed by atoms with E-state index < -0.39 is 0 Å². The number of rotatable bonds is 4. The molecule has 0 radical (unpaired) electrons. The summed E-state index contributed by atoms with van der Waals surface area (Å²) < 4.78 is 10.5. The van der Waals surface area contributed by atoms with Crippen LogP contribution in [-0.2, 0) is 0 Å². The Kier molecular flexibility index (Phi) is 3.89. The number of nitrogens with zero attached hydrogens (tertiary/aromatic N) is 4. The largest absolute Gasteiger partial charge is 0.481 e. The van der Waals surface area contributed by atoms with Crippen molar-refractivity contribution in [2.45, 2.75) is 0 Å². The number of pyridine rings is 1. The molecule has 0 saturated carbocycles. The van der Waals surface area contributed by atoms with Gasteiger partial charge in [-0.2, -0.15) is 20.6 Å². The van der Waals surface area contributed by atoms with Crippen molar-refractivity contribution >= 4 is 0 Å². The lowest BCUT2D eigenvalue weighted by molar-refractivity contribution is 0.366. The van der Waals surface area contributed by atoms with E-state index in [4.69, 9.17) is 14.7 Å². The number of aromatic nitrogens is 4. The first-order valence-electron chi connectivity index (χ1n) is 6.77. The molecule has 114 valence electrons. The van der Waals surface area contributed by atoms with E-state index in [1.165, 1.54) is 0 Å². The van der Waals surface area contributed by atoms with Crippen molar-refractivity contribution in [1.82, 2.24) is 20.4 Å². The van der Waals surface area contributed by atoms with Crippen molar-refractivity contribution in [1.29, 1.82) is 5.26 Å². The maximum Gasteiger partial charge on any atom is 0.224 e. The highest BCUT2D eigenvalue weighted by molar-refractivity contribution is 5.75. The fourth-order valence-corrected chi connectivity index (χ4v) is 2.26. The predicted octanol–water partition coefficient (Wildman–Crippen LogP) is 2.42. The number of benzene rings is 1. The maximum atomic E-state index is 9.08. The highest BCUT2D eigenvalue weighted by Gasteiger charge is 2.13. The van der Waals surface area contributed by atoms with Gasteiger partial charge in [0.05, 0.1) is 14.2 Å². The van der Waals surface area contributed by atoms with E-state index in [0.717, 1.165) is 16.7 Å². The summed E-state index contributed by atoms with van der Waals surface area (Å²) in [7, 11) is 3.11. The second kappa shape index (κ2) is 6.15. The van der Waals surface area contributed by atoms with E-state index in [1.54, 1.807) is 20.3 Å². The average molecular weight is 307 g/mol. The van der Waals surface area contributed by atoms with Crippen LogP contribution in [0.1, 0.15) is 5.69 Å². The fourth-order valence-electron chi connectivity index (χ4n) is 2.26. The summed E-state index contributed by atoms with van der Waals surface area (Å²) in [4.78, 5) is 4.28. The van der Waals surface area contributed by atoms with Gasteiger partial charge in [0.2, 0.25) is 11.8 Å². The van der Waals surface area contributed by atoms with Gasteiger partial charge in [-0.1, -0.05) is 18.2 Å². The minimum Gasteiger partial charge on any atom is -0.481 e. The van der Waals surface area contributed by atoms with Gasteiger partial charge in [-0.3, -0.25) is 0 Å². The molecular formula is C16H13N5O2. The molecule has 0 fully saturated rings. The molecule has 0 saturated heterocycles. The number of hydrogen-bond acceptors (Lipinski definition) is 6. The van der Waals surface area contributed by atoms with Gasteiger partial charge in [0.25, 0.3) is 0 Å². The fraction of sp³-hybridized carbons (Fsp3) is 0.125. The molecule has 7 nitrogen and oxygen atoms in total. The Bertz CT molecular complexity index is 882. The summed E-state index contributed by atoms with van der Waals surface area (Å²) in [5.41, 5.74) is 3.25. The topological polar surface area (TPSA) is 96.7 Å². The molecule has 3 rings (SSSR count). The molecule has 1 aromatic carbocycles. The Morgan fingerprint density at radius 2 is 1.87 bits per heavy atom. The summed E-state index contributed by atoms with van der Waals surface area (Å²) >= 11 is 0. The van der Waals surface area contributed by atoms with Crippen molar-refractivity contribution in [3.05, 3.63) is 42.1 Å². The van der Waals surface area contributed by atoms with Gasteiger partial charge < -0.3 is 9.47 Å². The van der Waals surface area contributed by atoms with E-state index in [9.17, 15) is 0 Å². The quantitative estimate of drug-likeness (QED) is 0.795. The number of nitriles is 1. The van der Waals surface area contributed by atoms with Crippen LogP contribution >= 0.6 is 0 Å². The van der Waals surface area contributed by atoms with Gasteiger partial charge in [-0.05, 0) is 17.7 Å². The molecule has 23 heavy (non-hydrogen) atoms. The van der Waals surface area contributed by atoms with Crippen molar-refractivity contribution in [2.24, 2.45) is 0 Å². The highest BCUT2D eigenvalue weighted by atomic mass is 16.5. The summed E-state index contributed by atoms with van der Waals surface area (Å²) in [6.45, 7) is 0. The molecule has 0 aliphatic rings. The lowest BCUT2D eigenvalue weighted by Crippen LogP contribution is -1.95. The van der Waals surface area contributed by atoms with Crippen LogP contribution in [0.4, 0.5) is 0 Å². The number of hydrogen-bond donors (Lipinski definition) is 1. The smallest absolute Gasteiger partial charge is 0.224 e. The minimum absolute atomic E-state index is 0.252. The first-order valence-corrected chi connectivity index (χ1v) is 6.77. The van der Waals surface area contributed by atoms with Crippen molar-refractivity contribution in [3.63, 3.8) is 0 Å². The first-order chi connectivity index (χ1) is 11.3. The number of aromatic amines is 1. The Morgan fingerprint density at radius 3 is 2.61 bits per heavy atom. The third-order valence-corrected chi connectivity index (χ3v) is 3.34. The Balaban J connectivity index is 2.09. The zero-order chi connectivity index (χ0) is 16.2. The maximum absolute atomic E-state index is 9.08. The Morgan fingerprint density at radius 1 is 1.04 bits per heavy atom. The van der Waals surface area contributed by atoms with Crippen molar-refractivity contribution in [3.8, 4) is 40.2 Å². The molecule has 0 aliphatic carbocycles. The first kappa shape index (κ1) is 14.5. The molecule has 0 bridgehead atoms. The SMILES string of the molecule is COc1ccc(-c2cccc(-c3n[nH]nc3C#N)c2)c(OC)n1. The molecule has 0 amide bonds. The highest BCUT2D eigenvalue weighted by Crippen LogP contribution is 2.32. The molecule has 3 aromatic rings. The zero-order valence-electron chi connectivity index (χ0n) is 12.6. The molecule has 0 aliphatic heterocycles. The third-order valence-electron chi connectivity index (χ3n) is 3.34. The van der Waals surface area contributed by atoms with Gasteiger partial charge in [-0.25, -0.2) is 0 Å². The van der Waals surface area contributed by atoms with Crippen LogP contribution in [0.3, 0.4) is 0 Å². The zero-order valence-corrected chi connectivity index (χ0v) is 12.6. The summed E-state index contributed by atoms with van der Waals surface area (Å²) in [5, 5.41) is 19.4. The van der Waals surface area contributed by atoms with Gasteiger partial charge in [0.15, 0.2) is 5.69 Å². The minimum atomic E-state index is 0.252. The predicted molar refractivity (Wildman–Crippen MR) is 82.9 cm³/mol. The van der Waals surface area contributed by atoms with Crippen LogP contribution in [0, 0.1) is 11.3 Å². The number of H-pyrrole nitrogens is 1. The van der Waals surface area contributed by atoms with E-state index >= 15 is 0 Å². The number of methoxy groups -OCH3 is 2. The lowest BCUT2D eigenvalue weighted by Gasteiger charge is -2.10. The Labute approximate surface area is 132 Å². The molecule has 2 heterocycles. The van der Waals surface area contributed by atoms with Gasteiger partial charge in [-0.15, -0.1) is 5.10 Å². The summed E-state index contributed by atoms with van der Waals surface area (Å²) in [5.74, 6) is 0.937. The van der Waals surface area contributed by atoms with Crippen LogP contribution in [0.5, 0.6) is 11.8 Å². The van der Waals surface area contributed by atoms with Crippen LogP contribution in [0.2, 0.25) is 0 Å². The van der Waals surface area contributed by atoms with E-state index in [0.29, 0.717) is 17.5 Å². The van der Waals surface area contributed by atoms with E-state index in [1.807, 2.05) is 36.4 Å². The van der Waals surface area contributed by atoms with Gasteiger partial charge in [0.1, 0.15) is 11.8 Å². The summed E-state index contributed by atoms with van der Waals surface area (Å²) in [6.07, 6.45) is 0. The van der Waals surface area contributed by atoms with Crippen molar-refractivity contribution < 1.29 is 9.47 Å². The Hall–Kier alpha value is -3.40. The van der Waals surface area contributed by atoms with Crippen LogP contribution < -0.4 is 9.47 Å². The van der Waals surface area contributed by atoms with Gasteiger partial charge >= 0.3 is 0 Å². The molecular weight excluding hydrogens is 294 g/mol. The van der Waals surface area contributed by atoms with Gasteiger partial charge in [0, 0.05) is 17.2 Å². The van der Waals surface area contributed by atoms with Crippen LogP contribution in [0.15, 0.2) is 36.4 Å². The van der Waals surface area contributed by atoms with Crippen molar-refractivity contribution in [2.75, 3.05) is 14.2 Å². The number of ether oxygens (including phenoxy) is 2. The number of nitrogens with one attached hydrogen (secondary N) is 1. The molecule has 2 aromatic heterocycles. The summed E-state index contributed by atoms with van der Waals surface area (Å²) in [6, 6.07) is 13.2. The van der Waals surface area contributed by atoms with Crippen LogP contribution in [-0.4, -0.2) is 34.6 Å². The monoisotopic (exact) mass is 307 g/mol. The molecule has 7 heteroatoms. The third kappa shape index (κ3) is 2.70. The van der Waals surface area contributed by atoms with Crippen LogP contribution in [0.25, 0.3) is 22.4 Å². The van der Waals surface area contributed by atoms with E-state index in [2.05, 4.69) is 20.4 Å². The molecule has 0 unspecified atom stereocenters. The van der Waals surface area contributed by atoms with E-state index in [-0.39, 0.29) is 5.69 Å². The molecule has 0 atom stereocenters. The normalized spacial score (nSPS) is 10.1. The standard InChI is InChI=1S/C16H13N5O2/c1-22-14-7-6-12(16(18-14)23-2)10-4-3-5-11(8-10)15-13(9-17)19-21-20-15/h3-8H,1-2H3,(H,19,20,21).